The number of nitrogens with one attached hydrogen (secondary N) is 1. The molecule has 1 aromatic carbocycles. The molecule has 0 amide bonds. The minimum atomic E-state index is -1.21. The third-order valence-corrected chi connectivity index (χ3v) is 3.12. The van der Waals surface area contributed by atoms with Crippen LogP contribution in [-0.4, -0.2) is 18.2 Å². The van der Waals surface area contributed by atoms with Crippen LogP contribution in [0.1, 0.15) is 18.4 Å². The number of hydrogen-bond donors (Lipinski definition) is 2. The molecule has 0 saturated carbocycles. The fraction of sp³-hybridized carbons (Fsp3) is 0.500. The van der Waals surface area contributed by atoms with Gasteiger partial charge in [0, 0.05) is 11.6 Å². The Morgan fingerprint density at radius 2 is 2.06 bits per heavy atom. The fourth-order valence-electron chi connectivity index (χ4n) is 2.21. The number of aromatic hydroxyl groups is 1. The zero-order valence-electron chi connectivity index (χ0n) is 9.27. The number of rotatable bonds is 2. The summed E-state index contributed by atoms with van der Waals surface area (Å²) in [5.74, 6) is -4.19. The van der Waals surface area contributed by atoms with Crippen molar-refractivity contribution in [3.05, 3.63) is 29.1 Å². The highest BCUT2D eigenvalue weighted by atomic mass is 19.2. The molecular weight excluding hydrogens is 231 g/mol. The summed E-state index contributed by atoms with van der Waals surface area (Å²) in [6, 6.07) is 0.466. The molecule has 5 heteroatoms. The summed E-state index contributed by atoms with van der Waals surface area (Å²) < 4.78 is 40.0. The monoisotopic (exact) mass is 245 g/mol. The van der Waals surface area contributed by atoms with E-state index in [4.69, 9.17) is 5.11 Å². The Morgan fingerprint density at radius 1 is 1.29 bits per heavy atom. The summed E-state index contributed by atoms with van der Waals surface area (Å²) >= 11 is 0. The first kappa shape index (κ1) is 12.2. The molecule has 1 aromatic rings. The van der Waals surface area contributed by atoms with Gasteiger partial charge in [0.15, 0.2) is 23.2 Å². The summed E-state index contributed by atoms with van der Waals surface area (Å²) in [5, 5.41) is 12.3. The highest BCUT2D eigenvalue weighted by molar-refractivity contribution is 5.32. The van der Waals surface area contributed by atoms with Crippen LogP contribution in [0, 0.1) is 23.4 Å². The van der Waals surface area contributed by atoms with Gasteiger partial charge in [-0.15, -0.1) is 0 Å². The number of phenolic OH excluding ortho intramolecular Hbond substituents is 1. The Balaban J connectivity index is 2.24. The van der Waals surface area contributed by atoms with Crippen LogP contribution < -0.4 is 5.32 Å². The van der Waals surface area contributed by atoms with Crippen molar-refractivity contribution >= 4 is 0 Å². The van der Waals surface area contributed by atoms with E-state index in [0.29, 0.717) is 12.6 Å². The normalized spacial score (nSPS) is 20.5. The van der Waals surface area contributed by atoms with Gasteiger partial charge in [-0.05, 0) is 38.3 Å². The molecule has 2 rings (SSSR count). The van der Waals surface area contributed by atoms with Crippen molar-refractivity contribution in [2.45, 2.75) is 19.3 Å². The molecule has 1 fully saturated rings. The van der Waals surface area contributed by atoms with Crippen LogP contribution in [0.2, 0.25) is 0 Å². The lowest BCUT2D eigenvalue weighted by atomic mass is 9.91. The van der Waals surface area contributed by atoms with Gasteiger partial charge in [0.2, 0.25) is 0 Å². The number of benzene rings is 1. The second-order valence-electron chi connectivity index (χ2n) is 4.40. The van der Waals surface area contributed by atoms with Crippen molar-refractivity contribution in [3.63, 3.8) is 0 Å². The summed E-state index contributed by atoms with van der Waals surface area (Å²) in [4.78, 5) is 0. The molecule has 0 bridgehead atoms. The molecule has 1 atom stereocenters. The maximum absolute atomic E-state index is 13.5. The van der Waals surface area contributed by atoms with Crippen LogP contribution in [-0.2, 0) is 6.42 Å². The Labute approximate surface area is 97.5 Å². The van der Waals surface area contributed by atoms with Gasteiger partial charge >= 0.3 is 0 Å². The molecule has 1 aliphatic heterocycles. The Bertz CT molecular complexity index is 390. The lowest BCUT2D eigenvalue weighted by Crippen LogP contribution is -2.31. The molecule has 0 spiro atoms. The van der Waals surface area contributed by atoms with Crippen molar-refractivity contribution in [1.29, 1.82) is 0 Å². The predicted octanol–water partition coefficient (Wildman–Crippen LogP) is 2.35. The Hall–Kier alpha value is -1.23. The van der Waals surface area contributed by atoms with E-state index in [1.165, 1.54) is 0 Å². The minimum Gasteiger partial charge on any atom is -0.505 e. The van der Waals surface area contributed by atoms with Crippen molar-refractivity contribution in [2.75, 3.05) is 13.1 Å². The maximum Gasteiger partial charge on any atom is 0.171 e. The molecule has 1 unspecified atom stereocenters. The fourth-order valence-corrected chi connectivity index (χ4v) is 2.21. The largest absolute Gasteiger partial charge is 0.505 e. The van der Waals surface area contributed by atoms with E-state index in [9.17, 15) is 13.2 Å². The molecule has 1 aliphatic rings. The molecule has 0 aliphatic carbocycles. The van der Waals surface area contributed by atoms with E-state index in [1.807, 2.05) is 0 Å². The lowest BCUT2D eigenvalue weighted by Gasteiger charge is -2.23. The van der Waals surface area contributed by atoms with Gasteiger partial charge in [0.25, 0.3) is 0 Å². The molecule has 1 saturated heterocycles. The zero-order chi connectivity index (χ0) is 12.4. The molecule has 0 radical (unpaired) electrons. The first-order chi connectivity index (χ1) is 8.09. The van der Waals surface area contributed by atoms with Gasteiger partial charge in [-0.1, -0.05) is 0 Å². The first-order valence-electron chi connectivity index (χ1n) is 5.65. The van der Waals surface area contributed by atoms with Gasteiger partial charge in [-0.3, -0.25) is 0 Å². The van der Waals surface area contributed by atoms with Crippen molar-refractivity contribution in [2.24, 2.45) is 5.92 Å². The standard InChI is InChI=1S/C12H14F3NO/c13-9-5-10(17)12(15)8(11(9)14)4-7-2-1-3-16-6-7/h5,7,16-17H,1-4,6H2. The smallest absolute Gasteiger partial charge is 0.171 e. The van der Waals surface area contributed by atoms with Crippen LogP contribution in [0.15, 0.2) is 6.07 Å². The highest BCUT2D eigenvalue weighted by Gasteiger charge is 2.22. The maximum atomic E-state index is 13.5. The topological polar surface area (TPSA) is 32.3 Å². The van der Waals surface area contributed by atoms with E-state index < -0.39 is 23.2 Å². The number of piperidine rings is 1. The number of hydrogen-bond acceptors (Lipinski definition) is 2. The van der Waals surface area contributed by atoms with Gasteiger partial charge < -0.3 is 10.4 Å². The summed E-state index contributed by atoms with van der Waals surface area (Å²) in [6.45, 7) is 1.56. The first-order valence-corrected chi connectivity index (χ1v) is 5.65. The molecule has 0 aromatic heterocycles. The third kappa shape index (κ3) is 2.54. The second-order valence-corrected chi connectivity index (χ2v) is 4.40. The van der Waals surface area contributed by atoms with Crippen LogP contribution in [0.4, 0.5) is 13.2 Å². The van der Waals surface area contributed by atoms with Crippen molar-refractivity contribution in [1.82, 2.24) is 5.32 Å². The Kier molecular flexibility index (Phi) is 3.57. The molecule has 94 valence electrons. The van der Waals surface area contributed by atoms with E-state index in [0.717, 1.165) is 19.4 Å². The quantitative estimate of drug-likeness (QED) is 0.784. The number of halogens is 3. The SMILES string of the molecule is Oc1cc(F)c(F)c(CC2CCCNC2)c1F. The van der Waals surface area contributed by atoms with Gasteiger partial charge in [-0.2, -0.15) is 0 Å². The molecular formula is C12H14F3NO. The second kappa shape index (κ2) is 4.96. The average molecular weight is 245 g/mol. The minimum absolute atomic E-state index is 0.0777. The molecule has 2 nitrogen and oxygen atoms in total. The highest BCUT2D eigenvalue weighted by Crippen LogP contribution is 2.28. The third-order valence-electron chi connectivity index (χ3n) is 3.12. The number of phenols is 1. The van der Waals surface area contributed by atoms with Gasteiger partial charge in [0.05, 0.1) is 0 Å². The molecule has 1 heterocycles. The summed E-state index contributed by atoms with van der Waals surface area (Å²) in [6.07, 6.45) is 1.90. The van der Waals surface area contributed by atoms with Gasteiger partial charge in [-0.25, -0.2) is 13.2 Å². The van der Waals surface area contributed by atoms with Crippen LogP contribution in [0.25, 0.3) is 0 Å². The Morgan fingerprint density at radius 3 is 2.71 bits per heavy atom. The summed E-state index contributed by atoms with van der Waals surface area (Å²) in [5.41, 5.74) is -0.351. The summed E-state index contributed by atoms with van der Waals surface area (Å²) in [7, 11) is 0. The van der Waals surface area contributed by atoms with Crippen molar-refractivity contribution < 1.29 is 18.3 Å². The van der Waals surface area contributed by atoms with E-state index in [1.54, 1.807) is 0 Å². The van der Waals surface area contributed by atoms with Crippen LogP contribution in [0.5, 0.6) is 5.75 Å². The lowest BCUT2D eigenvalue weighted by molar-refractivity contribution is 0.354. The van der Waals surface area contributed by atoms with Crippen LogP contribution in [0.3, 0.4) is 0 Å². The van der Waals surface area contributed by atoms with Crippen molar-refractivity contribution in [3.8, 4) is 5.75 Å². The zero-order valence-corrected chi connectivity index (χ0v) is 9.27. The van der Waals surface area contributed by atoms with E-state index in [-0.39, 0.29) is 17.9 Å². The van der Waals surface area contributed by atoms with E-state index >= 15 is 0 Å². The van der Waals surface area contributed by atoms with E-state index in [2.05, 4.69) is 5.32 Å². The molecule has 2 N–H and O–H groups in total. The average Bonchev–Trinajstić information content (AvgIpc) is 2.33. The van der Waals surface area contributed by atoms with Crippen LogP contribution >= 0.6 is 0 Å². The predicted molar refractivity (Wildman–Crippen MR) is 57.3 cm³/mol. The molecule has 17 heavy (non-hydrogen) atoms. The van der Waals surface area contributed by atoms with Gasteiger partial charge in [0.1, 0.15) is 0 Å².